The number of methoxy groups -OCH3 is 1. The molecule has 0 fully saturated rings. The molecular weight excluding hydrogens is 464 g/mol. The number of para-hydroxylation sites is 1. The van der Waals surface area contributed by atoms with Gasteiger partial charge >= 0.3 is 5.97 Å². The zero-order valence-electron chi connectivity index (χ0n) is 19.8. The molecule has 1 amide bonds. The Morgan fingerprint density at radius 1 is 1.14 bits per heavy atom. The first kappa shape index (κ1) is 23.0. The number of benzene rings is 2. The van der Waals surface area contributed by atoms with Gasteiger partial charge in [-0.05, 0) is 43.2 Å². The van der Waals surface area contributed by atoms with Crippen LogP contribution in [0, 0.1) is 0 Å². The van der Waals surface area contributed by atoms with E-state index < -0.39 is 17.4 Å². The number of aromatic hydroxyl groups is 1. The third kappa shape index (κ3) is 3.67. The van der Waals surface area contributed by atoms with Crippen LogP contribution in [0.3, 0.4) is 0 Å². The first-order valence-corrected chi connectivity index (χ1v) is 11.9. The fourth-order valence-electron chi connectivity index (χ4n) is 5.24. The van der Waals surface area contributed by atoms with E-state index in [9.17, 15) is 14.7 Å². The van der Waals surface area contributed by atoms with E-state index in [-0.39, 0.29) is 21.4 Å². The third-order valence-electron chi connectivity index (χ3n) is 6.63. The van der Waals surface area contributed by atoms with Crippen molar-refractivity contribution in [1.82, 2.24) is 4.57 Å². The Hall–Kier alpha value is -3.72. The molecule has 2 aromatic carbocycles. The van der Waals surface area contributed by atoms with Crippen molar-refractivity contribution in [1.29, 1.82) is 0 Å². The molecule has 1 atom stereocenters. The van der Waals surface area contributed by atoms with E-state index in [4.69, 9.17) is 0 Å². The molecule has 0 bridgehead atoms. The molecule has 2 aliphatic heterocycles. The molecular formula is C26H24N4O4S. The maximum atomic E-state index is 12.1. The first-order valence-electron chi connectivity index (χ1n) is 11.1. The summed E-state index contributed by atoms with van der Waals surface area (Å²) in [5.74, 6) is -1.22. The number of rotatable bonds is 3. The Balaban J connectivity index is 1.62. The van der Waals surface area contributed by atoms with Gasteiger partial charge in [0, 0.05) is 22.4 Å². The lowest BCUT2D eigenvalue weighted by Crippen LogP contribution is -2.41. The molecule has 9 heteroatoms. The minimum atomic E-state index is -0.649. The average molecular weight is 489 g/mol. The van der Waals surface area contributed by atoms with Gasteiger partial charge in [0.1, 0.15) is 0 Å². The number of hydrogen-bond donors (Lipinski definition) is 1. The molecule has 5 rings (SSSR count). The smallest absolute Gasteiger partial charge is 0.331 e. The van der Waals surface area contributed by atoms with Crippen LogP contribution in [0.25, 0.3) is 10.9 Å². The number of amides is 1. The van der Waals surface area contributed by atoms with E-state index in [1.54, 1.807) is 0 Å². The fourth-order valence-corrected chi connectivity index (χ4v) is 5.94. The number of aliphatic imine (C=N–C) groups is 1. The minimum absolute atomic E-state index is 0.0107. The molecule has 3 aromatic rings. The second-order valence-electron chi connectivity index (χ2n) is 9.43. The van der Waals surface area contributed by atoms with Gasteiger partial charge in [-0.15, -0.1) is 10.2 Å². The highest BCUT2D eigenvalue weighted by molar-refractivity contribution is 8.18. The Morgan fingerprint density at radius 2 is 1.89 bits per heavy atom. The van der Waals surface area contributed by atoms with Crippen LogP contribution in [0.4, 0.5) is 5.69 Å². The molecule has 8 nitrogen and oxygen atoms in total. The molecule has 1 N–H and O–H groups in total. The third-order valence-corrected chi connectivity index (χ3v) is 7.50. The predicted octanol–water partition coefficient (Wildman–Crippen LogP) is 5.56. The summed E-state index contributed by atoms with van der Waals surface area (Å²) in [4.78, 5) is 27.5. The summed E-state index contributed by atoms with van der Waals surface area (Å²) >= 11 is 0.930. The Labute approximate surface area is 206 Å². The summed E-state index contributed by atoms with van der Waals surface area (Å²) in [5.41, 5.74) is 2.84. The number of carbonyl (C=O) groups is 2. The van der Waals surface area contributed by atoms with Crippen LogP contribution in [0.5, 0.6) is 5.88 Å². The summed E-state index contributed by atoms with van der Waals surface area (Å²) in [7, 11) is 1.23. The van der Waals surface area contributed by atoms with E-state index in [1.165, 1.54) is 12.7 Å². The topological polar surface area (TPSA) is 106 Å². The first-order chi connectivity index (χ1) is 16.7. The van der Waals surface area contributed by atoms with Crippen LogP contribution < -0.4 is 0 Å². The number of azo groups is 1. The quantitative estimate of drug-likeness (QED) is 0.295. The lowest BCUT2D eigenvalue weighted by Gasteiger charge is -2.45. The van der Waals surface area contributed by atoms with Gasteiger partial charge in [0.25, 0.3) is 5.91 Å². The van der Waals surface area contributed by atoms with Crippen molar-refractivity contribution >= 4 is 45.4 Å². The monoisotopic (exact) mass is 488 g/mol. The molecule has 0 saturated heterocycles. The van der Waals surface area contributed by atoms with Crippen LogP contribution in [0.15, 0.2) is 74.7 Å². The standard InChI is InChI=1S/C26H24N4O4S/c1-25(2)14-26(3,15-9-6-5-7-10-15)17-12-8-11-16-20(23(33)30(25)21(16)17)28-29-24-27-22(32)18(35-24)13-19(31)34-4/h5-13,33H,14H2,1-4H3. The van der Waals surface area contributed by atoms with Gasteiger partial charge in [-0.3, -0.25) is 4.79 Å². The SMILES string of the molecule is COC(=O)C=C1SC(N=Nc2c(O)n3c4c(cccc24)C(C)(c2ccccc2)CC3(C)C)=NC1=O. The Kier molecular flexibility index (Phi) is 5.40. The number of carbonyl (C=O) groups excluding carboxylic acids is 2. The van der Waals surface area contributed by atoms with Gasteiger partial charge in [0.15, 0.2) is 5.69 Å². The van der Waals surface area contributed by atoms with Crippen LogP contribution in [-0.2, 0) is 25.3 Å². The highest BCUT2D eigenvalue weighted by atomic mass is 32.2. The van der Waals surface area contributed by atoms with Crippen LogP contribution in [0.1, 0.15) is 38.3 Å². The zero-order valence-corrected chi connectivity index (χ0v) is 20.6. The number of ether oxygens (including phenoxy) is 1. The van der Waals surface area contributed by atoms with E-state index in [1.807, 2.05) is 34.9 Å². The number of hydrogen-bond acceptors (Lipinski definition) is 7. The van der Waals surface area contributed by atoms with Crippen molar-refractivity contribution in [2.45, 2.75) is 38.1 Å². The summed E-state index contributed by atoms with van der Waals surface area (Å²) in [5, 5.41) is 20.6. The van der Waals surface area contributed by atoms with Gasteiger partial charge in [0.05, 0.1) is 17.5 Å². The molecule has 1 aromatic heterocycles. The molecule has 0 saturated carbocycles. The summed E-state index contributed by atoms with van der Waals surface area (Å²) < 4.78 is 6.49. The van der Waals surface area contributed by atoms with Crippen molar-refractivity contribution < 1.29 is 19.4 Å². The molecule has 3 heterocycles. The van der Waals surface area contributed by atoms with Crippen molar-refractivity contribution in [3.05, 3.63) is 70.6 Å². The molecule has 35 heavy (non-hydrogen) atoms. The van der Waals surface area contributed by atoms with Gasteiger partial charge in [-0.1, -0.05) is 55.5 Å². The highest BCUT2D eigenvalue weighted by Gasteiger charge is 2.45. The normalized spacial score (nSPS) is 22.2. The fraction of sp³-hybridized carbons (Fsp3) is 0.269. The van der Waals surface area contributed by atoms with Gasteiger partial charge in [-0.2, -0.15) is 4.99 Å². The summed E-state index contributed by atoms with van der Waals surface area (Å²) in [6.45, 7) is 6.44. The zero-order chi connectivity index (χ0) is 25.0. The van der Waals surface area contributed by atoms with E-state index in [0.717, 1.165) is 40.7 Å². The van der Waals surface area contributed by atoms with Gasteiger partial charge in [-0.25, -0.2) is 4.79 Å². The van der Waals surface area contributed by atoms with Gasteiger partial charge in [0.2, 0.25) is 11.0 Å². The predicted molar refractivity (Wildman–Crippen MR) is 135 cm³/mol. The second-order valence-corrected chi connectivity index (χ2v) is 10.4. The van der Waals surface area contributed by atoms with Gasteiger partial charge < -0.3 is 14.4 Å². The summed E-state index contributed by atoms with van der Waals surface area (Å²) in [6, 6.07) is 16.3. The molecule has 0 spiro atoms. The Bertz CT molecular complexity index is 1470. The summed E-state index contributed by atoms with van der Waals surface area (Å²) in [6.07, 6.45) is 1.85. The molecule has 1 unspecified atom stereocenters. The highest BCUT2D eigenvalue weighted by Crippen LogP contribution is 2.54. The van der Waals surface area contributed by atoms with E-state index in [0.29, 0.717) is 5.69 Å². The van der Waals surface area contributed by atoms with Crippen LogP contribution in [-0.4, -0.2) is 33.8 Å². The minimum Gasteiger partial charge on any atom is -0.493 e. The maximum absolute atomic E-state index is 12.1. The number of amidine groups is 1. The Morgan fingerprint density at radius 3 is 2.60 bits per heavy atom. The number of nitrogens with zero attached hydrogens (tertiary/aromatic N) is 4. The second kappa shape index (κ2) is 8.20. The molecule has 2 aliphatic rings. The largest absolute Gasteiger partial charge is 0.493 e. The molecule has 178 valence electrons. The van der Waals surface area contributed by atoms with Crippen LogP contribution >= 0.6 is 11.8 Å². The number of aromatic nitrogens is 1. The molecule has 0 aliphatic carbocycles. The van der Waals surface area contributed by atoms with Crippen molar-refractivity contribution in [2.75, 3.05) is 7.11 Å². The number of esters is 1. The maximum Gasteiger partial charge on any atom is 0.331 e. The number of thioether (sulfide) groups is 1. The van der Waals surface area contributed by atoms with Crippen LogP contribution in [0.2, 0.25) is 0 Å². The lowest BCUT2D eigenvalue weighted by molar-refractivity contribution is -0.135. The molecule has 0 radical (unpaired) electrons. The van der Waals surface area contributed by atoms with Crippen molar-refractivity contribution in [2.24, 2.45) is 15.2 Å². The van der Waals surface area contributed by atoms with E-state index in [2.05, 4.69) is 58.9 Å². The van der Waals surface area contributed by atoms with Crippen molar-refractivity contribution in [3.8, 4) is 5.88 Å². The van der Waals surface area contributed by atoms with Crippen molar-refractivity contribution in [3.63, 3.8) is 0 Å². The average Bonchev–Trinajstić information content (AvgIpc) is 3.33. The van der Waals surface area contributed by atoms with E-state index >= 15 is 0 Å². The lowest BCUT2D eigenvalue weighted by atomic mass is 9.66.